The van der Waals surface area contributed by atoms with Crippen LogP contribution in [0.4, 0.5) is 0 Å². The molecule has 6 nitrogen and oxygen atoms in total. The third-order valence-corrected chi connectivity index (χ3v) is 3.60. The van der Waals surface area contributed by atoms with Gasteiger partial charge in [0.15, 0.2) is 0 Å². The van der Waals surface area contributed by atoms with E-state index >= 15 is 0 Å². The van der Waals surface area contributed by atoms with E-state index in [4.69, 9.17) is 4.74 Å². The summed E-state index contributed by atoms with van der Waals surface area (Å²) < 4.78 is 4.99. The Morgan fingerprint density at radius 3 is 2.75 bits per heavy atom. The molecular formula is C14H19N3O3. The largest absolute Gasteiger partial charge is 0.481 e. The van der Waals surface area contributed by atoms with E-state index in [-0.39, 0.29) is 18.4 Å². The SMILES string of the molecule is CCC1(C)NC(=O)CN(Cc2ccc(OC)nc2)C1=O. The normalized spacial score (nSPS) is 22.6. The van der Waals surface area contributed by atoms with Gasteiger partial charge in [-0.1, -0.05) is 13.0 Å². The summed E-state index contributed by atoms with van der Waals surface area (Å²) in [5, 5.41) is 2.76. The number of methoxy groups -OCH3 is 1. The van der Waals surface area contributed by atoms with Gasteiger partial charge in [0.25, 0.3) is 0 Å². The van der Waals surface area contributed by atoms with Crippen LogP contribution in [0.3, 0.4) is 0 Å². The van der Waals surface area contributed by atoms with Crippen LogP contribution in [0.2, 0.25) is 0 Å². The van der Waals surface area contributed by atoms with Crippen molar-refractivity contribution in [2.24, 2.45) is 0 Å². The second-order valence-corrected chi connectivity index (χ2v) is 5.10. The molecule has 1 fully saturated rings. The maximum Gasteiger partial charge on any atom is 0.248 e. The average molecular weight is 277 g/mol. The summed E-state index contributed by atoms with van der Waals surface area (Å²) >= 11 is 0. The van der Waals surface area contributed by atoms with Crippen LogP contribution in [0.5, 0.6) is 5.88 Å². The first-order chi connectivity index (χ1) is 9.48. The third-order valence-electron chi connectivity index (χ3n) is 3.60. The number of ether oxygens (including phenoxy) is 1. The number of amides is 2. The fourth-order valence-corrected chi connectivity index (χ4v) is 2.21. The van der Waals surface area contributed by atoms with E-state index in [1.165, 1.54) is 0 Å². The van der Waals surface area contributed by atoms with Crippen LogP contribution in [0.1, 0.15) is 25.8 Å². The van der Waals surface area contributed by atoms with E-state index in [0.29, 0.717) is 18.8 Å². The van der Waals surface area contributed by atoms with Gasteiger partial charge < -0.3 is 15.0 Å². The number of piperazine rings is 1. The van der Waals surface area contributed by atoms with E-state index in [0.717, 1.165) is 5.56 Å². The molecule has 1 saturated heterocycles. The van der Waals surface area contributed by atoms with Crippen molar-refractivity contribution in [2.75, 3.05) is 13.7 Å². The Hall–Kier alpha value is -2.11. The number of rotatable bonds is 4. The van der Waals surface area contributed by atoms with Crippen LogP contribution in [-0.2, 0) is 16.1 Å². The van der Waals surface area contributed by atoms with E-state index < -0.39 is 5.54 Å². The van der Waals surface area contributed by atoms with Crippen molar-refractivity contribution in [3.8, 4) is 5.88 Å². The van der Waals surface area contributed by atoms with Gasteiger partial charge in [-0.2, -0.15) is 0 Å². The Bertz CT molecular complexity index is 515. The van der Waals surface area contributed by atoms with Crippen molar-refractivity contribution in [1.82, 2.24) is 15.2 Å². The maximum atomic E-state index is 12.4. The molecule has 1 atom stereocenters. The number of carbonyl (C=O) groups is 2. The second kappa shape index (κ2) is 5.48. The Labute approximate surface area is 118 Å². The molecule has 1 aliphatic rings. The predicted molar refractivity (Wildman–Crippen MR) is 73.0 cm³/mol. The van der Waals surface area contributed by atoms with Crippen molar-refractivity contribution in [1.29, 1.82) is 0 Å². The Morgan fingerprint density at radius 2 is 2.20 bits per heavy atom. The van der Waals surface area contributed by atoms with E-state index in [2.05, 4.69) is 10.3 Å². The standard InChI is InChI=1S/C14H19N3O3/c1-4-14(2)13(19)17(9-11(18)16-14)8-10-5-6-12(20-3)15-7-10/h5-7H,4,8-9H2,1-3H3,(H,16,18). The van der Waals surface area contributed by atoms with Gasteiger partial charge >= 0.3 is 0 Å². The summed E-state index contributed by atoms with van der Waals surface area (Å²) in [5.41, 5.74) is 0.0576. The molecule has 0 aliphatic carbocycles. The molecule has 1 aromatic rings. The van der Waals surface area contributed by atoms with Crippen LogP contribution >= 0.6 is 0 Å². The lowest BCUT2D eigenvalue weighted by molar-refractivity contribution is -0.149. The zero-order valence-electron chi connectivity index (χ0n) is 12.0. The van der Waals surface area contributed by atoms with E-state index in [1.54, 1.807) is 31.2 Å². The fraction of sp³-hybridized carbons (Fsp3) is 0.500. The van der Waals surface area contributed by atoms with Crippen LogP contribution < -0.4 is 10.1 Å². The Balaban J connectivity index is 2.14. The maximum absolute atomic E-state index is 12.4. The molecule has 6 heteroatoms. The number of hydrogen-bond acceptors (Lipinski definition) is 4. The highest BCUT2D eigenvalue weighted by Crippen LogP contribution is 2.20. The van der Waals surface area contributed by atoms with Crippen molar-refractivity contribution >= 4 is 11.8 Å². The first-order valence-corrected chi connectivity index (χ1v) is 6.58. The number of aromatic nitrogens is 1. The van der Waals surface area contributed by atoms with Crippen LogP contribution in [0.15, 0.2) is 18.3 Å². The lowest BCUT2D eigenvalue weighted by Gasteiger charge is -2.39. The Morgan fingerprint density at radius 1 is 1.45 bits per heavy atom. The van der Waals surface area contributed by atoms with Crippen molar-refractivity contribution in [3.63, 3.8) is 0 Å². The van der Waals surface area contributed by atoms with Crippen LogP contribution in [0, 0.1) is 0 Å². The number of hydrogen-bond donors (Lipinski definition) is 1. The van der Waals surface area contributed by atoms with Crippen molar-refractivity contribution < 1.29 is 14.3 Å². The molecule has 1 unspecified atom stereocenters. The highest BCUT2D eigenvalue weighted by atomic mass is 16.5. The summed E-state index contributed by atoms with van der Waals surface area (Å²) in [6, 6.07) is 3.58. The highest BCUT2D eigenvalue weighted by Gasteiger charge is 2.41. The lowest BCUT2D eigenvalue weighted by Crippen LogP contribution is -2.64. The first-order valence-electron chi connectivity index (χ1n) is 6.58. The quantitative estimate of drug-likeness (QED) is 0.880. The zero-order chi connectivity index (χ0) is 14.8. The third kappa shape index (κ3) is 2.74. The number of pyridine rings is 1. The van der Waals surface area contributed by atoms with Crippen molar-refractivity contribution in [2.45, 2.75) is 32.4 Å². The van der Waals surface area contributed by atoms with Gasteiger partial charge in [0.2, 0.25) is 17.7 Å². The number of carbonyl (C=O) groups excluding carboxylic acids is 2. The molecule has 1 aromatic heterocycles. The molecule has 2 amide bonds. The molecule has 20 heavy (non-hydrogen) atoms. The average Bonchev–Trinajstić information content (AvgIpc) is 2.45. The van der Waals surface area contributed by atoms with Crippen LogP contribution in [-0.4, -0.2) is 40.9 Å². The summed E-state index contributed by atoms with van der Waals surface area (Å²) in [5.74, 6) is 0.334. The molecule has 108 valence electrons. The molecule has 0 bridgehead atoms. The first kappa shape index (κ1) is 14.3. The summed E-state index contributed by atoms with van der Waals surface area (Å²) in [4.78, 5) is 29.8. The minimum atomic E-state index is -0.810. The zero-order valence-corrected chi connectivity index (χ0v) is 12.0. The minimum Gasteiger partial charge on any atom is -0.481 e. The summed E-state index contributed by atoms with van der Waals surface area (Å²) in [6.45, 7) is 4.10. The van der Waals surface area contributed by atoms with Crippen LogP contribution in [0.25, 0.3) is 0 Å². The molecule has 1 aliphatic heterocycles. The summed E-state index contributed by atoms with van der Waals surface area (Å²) in [6.07, 6.45) is 2.22. The van der Waals surface area contributed by atoms with Gasteiger partial charge in [-0.25, -0.2) is 4.98 Å². The summed E-state index contributed by atoms with van der Waals surface area (Å²) in [7, 11) is 1.55. The lowest BCUT2D eigenvalue weighted by atomic mass is 9.94. The fourth-order valence-electron chi connectivity index (χ4n) is 2.21. The monoisotopic (exact) mass is 277 g/mol. The predicted octanol–water partition coefficient (Wildman–Crippen LogP) is 0.717. The molecule has 0 saturated carbocycles. The number of nitrogens with one attached hydrogen (secondary N) is 1. The van der Waals surface area contributed by atoms with Gasteiger partial charge in [0.05, 0.1) is 13.7 Å². The van der Waals surface area contributed by atoms with Gasteiger partial charge in [-0.3, -0.25) is 9.59 Å². The van der Waals surface area contributed by atoms with E-state index in [1.807, 2.05) is 13.0 Å². The smallest absolute Gasteiger partial charge is 0.248 e. The number of nitrogens with zero attached hydrogens (tertiary/aromatic N) is 2. The topological polar surface area (TPSA) is 71.5 Å². The second-order valence-electron chi connectivity index (χ2n) is 5.10. The Kier molecular flexibility index (Phi) is 3.92. The molecule has 0 radical (unpaired) electrons. The van der Waals surface area contributed by atoms with Gasteiger partial charge in [0, 0.05) is 18.8 Å². The van der Waals surface area contributed by atoms with Crippen molar-refractivity contribution in [3.05, 3.63) is 23.9 Å². The highest BCUT2D eigenvalue weighted by molar-refractivity contribution is 5.97. The van der Waals surface area contributed by atoms with Gasteiger partial charge in [-0.15, -0.1) is 0 Å². The molecular weight excluding hydrogens is 258 g/mol. The van der Waals surface area contributed by atoms with Gasteiger partial charge in [0.1, 0.15) is 5.54 Å². The molecule has 0 spiro atoms. The molecule has 0 aromatic carbocycles. The molecule has 2 heterocycles. The van der Waals surface area contributed by atoms with E-state index in [9.17, 15) is 9.59 Å². The molecule has 1 N–H and O–H groups in total. The van der Waals surface area contributed by atoms with Gasteiger partial charge in [-0.05, 0) is 18.9 Å². The molecule has 2 rings (SSSR count). The minimum absolute atomic E-state index is 0.0598.